The number of ether oxygens (including phenoxy) is 1. The monoisotopic (exact) mass is 245 g/mol. The third kappa shape index (κ3) is 2.63. The highest BCUT2D eigenvalue weighted by Gasteiger charge is 2.11. The summed E-state index contributed by atoms with van der Waals surface area (Å²) in [7, 11) is 0. The van der Waals surface area contributed by atoms with Crippen molar-refractivity contribution in [2.45, 2.75) is 19.4 Å². The number of hydrogen-bond donors (Lipinski definition) is 2. The Morgan fingerprint density at radius 3 is 2.72 bits per heavy atom. The molecule has 1 unspecified atom stereocenters. The van der Waals surface area contributed by atoms with Gasteiger partial charge in [0.1, 0.15) is 5.75 Å². The third-order valence-electron chi connectivity index (χ3n) is 2.95. The Kier molecular flexibility index (Phi) is 4.18. The maximum absolute atomic E-state index is 8.83. The Hall–Kier alpha value is -1.58. The number of aliphatic hydroxyl groups is 1. The van der Waals surface area contributed by atoms with Crippen molar-refractivity contribution in [3.05, 3.63) is 42.0 Å². The largest absolute Gasteiger partial charge is 0.493 e. The lowest BCUT2D eigenvalue weighted by Crippen LogP contribution is -2.09. The van der Waals surface area contributed by atoms with Gasteiger partial charge >= 0.3 is 0 Å². The smallest absolute Gasteiger partial charge is 0.131 e. The second-order valence-electron chi connectivity index (χ2n) is 4.42. The second kappa shape index (κ2) is 5.85. The van der Waals surface area contributed by atoms with Crippen molar-refractivity contribution in [1.29, 1.82) is 0 Å². The zero-order valence-corrected chi connectivity index (χ0v) is 10.6. The first-order chi connectivity index (χ1) is 8.74. The van der Waals surface area contributed by atoms with Crippen molar-refractivity contribution in [3.8, 4) is 5.75 Å². The normalized spacial score (nSPS) is 12.6. The molecule has 0 bridgehead atoms. The van der Waals surface area contributed by atoms with Crippen LogP contribution in [-0.2, 0) is 0 Å². The van der Waals surface area contributed by atoms with Crippen molar-refractivity contribution < 1.29 is 9.84 Å². The highest BCUT2D eigenvalue weighted by molar-refractivity contribution is 5.89. The lowest BCUT2D eigenvalue weighted by atomic mass is 10.0. The predicted octanol–water partition coefficient (Wildman–Crippen LogP) is 2.62. The fourth-order valence-corrected chi connectivity index (χ4v) is 2.02. The van der Waals surface area contributed by atoms with Crippen molar-refractivity contribution >= 4 is 10.8 Å². The second-order valence-corrected chi connectivity index (χ2v) is 4.42. The third-order valence-corrected chi connectivity index (χ3v) is 2.95. The van der Waals surface area contributed by atoms with Crippen LogP contribution in [0.2, 0.25) is 0 Å². The summed E-state index contributed by atoms with van der Waals surface area (Å²) in [5.74, 6) is 0.844. The van der Waals surface area contributed by atoms with Gasteiger partial charge in [-0.25, -0.2) is 0 Å². The van der Waals surface area contributed by atoms with Gasteiger partial charge in [0, 0.05) is 30.0 Å². The maximum Gasteiger partial charge on any atom is 0.131 e. The molecule has 3 heteroatoms. The molecule has 0 fully saturated rings. The van der Waals surface area contributed by atoms with Gasteiger partial charge in [0.05, 0.1) is 6.61 Å². The number of fused-ring (bicyclic) bond motifs is 1. The SMILES string of the molecule is CC(N)c1ccc2ccccc2c1OCCCO. The first kappa shape index (κ1) is 12.9. The van der Waals surface area contributed by atoms with Crippen molar-refractivity contribution in [2.75, 3.05) is 13.2 Å². The van der Waals surface area contributed by atoms with Crippen molar-refractivity contribution in [3.63, 3.8) is 0 Å². The van der Waals surface area contributed by atoms with Gasteiger partial charge in [0.25, 0.3) is 0 Å². The number of rotatable bonds is 5. The molecule has 3 N–H and O–H groups in total. The number of aliphatic hydroxyl groups excluding tert-OH is 1. The molecule has 2 aromatic rings. The van der Waals surface area contributed by atoms with Gasteiger partial charge < -0.3 is 15.6 Å². The molecule has 0 saturated carbocycles. The summed E-state index contributed by atoms with van der Waals surface area (Å²) in [4.78, 5) is 0. The first-order valence-electron chi connectivity index (χ1n) is 6.25. The van der Waals surface area contributed by atoms with Gasteiger partial charge in [-0.1, -0.05) is 36.4 Å². The van der Waals surface area contributed by atoms with Crippen LogP contribution in [0.25, 0.3) is 10.8 Å². The number of hydrogen-bond acceptors (Lipinski definition) is 3. The highest BCUT2D eigenvalue weighted by Crippen LogP contribution is 2.32. The van der Waals surface area contributed by atoms with E-state index in [1.54, 1.807) is 0 Å². The van der Waals surface area contributed by atoms with Crippen LogP contribution in [0.4, 0.5) is 0 Å². The Bertz CT molecular complexity index is 523. The van der Waals surface area contributed by atoms with E-state index in [9.17, 15) is 0 Å². The number of benzene rings is 2. The van der Waals surface area contributed by atoms with Gasteiger partial charge in [0.2, 0.25) is 0 Å². The van der Waals surface area contributed by atoms with E-state index in [1.165, 1.54) is 0 Å². The molecule has 3 nitrogen and oxygen atoms in total. The molecule has 2 rings (SSSR count). The van der Waals surface area contributed by atoms with Crippen LogP contribution in [0.15, 0.2) is 36.4 Å². The molecule has 0 amide bonds. The van der Waals surface area contributed by atoms with Crippen LogP contribution < -0.4 is 10.5 Å². The minimum Gasteiger partial charge on any atom is -0.493 e. The summed E-state index contributed by atoms with van der Waals surface area (Å²) in [6.45, 7) is 2.59. The summed E-state index contributed by atoms with van der Waals surface area (Å²) in [6, 6.07) is 12.1. The van der Waals surface area contributed by atoms with Crippen LogP contribution in [0, 0.1) is 0 Å². The van der Waals surface area contributed by atoms with E-state index in [0.29, 0.717) is 13.0 Å². The Labute approximate surface area is 107 Å². The number of nitrogens with two attached hydrogens (primary N) is 1. The molecule has 2 aromatic carbocycles. The molecular weight excluding hydrogens is 226 g/mol. The maximum atomic E-state index is 8.83. The van der Waals surface area contributed by atoms with E-state index < -0.39 is 0 Å². The quantitative estimate of drug-likeness (QED) is 0.796. The molecule has 0 aliphatic heterocycles. The predicted molar refractivity (Wildman–Crippen MR) is 73.7 cm³/mol. The fraction of sp³-hybridized carbons (Fsp3) is 0.333. The minimum atomic E-state index is -0.0706. The lowest BCUT2D eigenvalue weighted by molar-refractivity contribution is 0.233. The first-order valence-corrected chi connectivity index (χ1v) is 6.25. The molecule has 0 saturated heterocycles. The molecule has 1 atom stereocenters. The van der Waals surface area contributed by atoms with Gasteiger partial charge in [-0.05, 0) is 12.3 Å². The van der Waals surface area contributed by atoms with E-state index in [2.05, 4.69) is 12.1 Å². The van der Waals surface area contributed by atoms with Crippen LogP contribution in [0.5, 0.6) is 5.75 Å². The van der Waals surface area contributed by atoms with Crippen molar-refractivity contribution in [2.24, 2.45) is 5.73 Å². The average Bonchev–Trinajstić information content (AvgIpc) is 2.38. The van der Waals surface area contributed by atoms with E-state index in [0.717, 1.165) is 22.1 Å². The minimum absolute atomic E-state index is 0.0706. The van der Waals surface area contributed by atoms with Crippen LogP contribution in [-0.4, -0.2) is 18.3 Å². The summed E-state index contributed by atoms with van der Waals surface area (Å²) < 4.78 is 5.81. The summed E-state index contributed by atoms with van der Waals surface area (Å²) in [6.07, 6.45) is 0.627. The highest BCUT2D eigenvalue weighted by atomic mass is 16.5. The van der Waals surface area contributed by atoms with E-state index in [4.69, 9.17) is 15.6 Å². The van der Waals surface area contributed by atoms with E-state index in [-0.39, 0.29) is 12.6 Å². The molecular formula is C15H19NO2. The van der Waals surface area contributed by atoms with Crippen molar-refractivity contribution in [1.82, 2.24) is 0 Å². The van der Waals surface area contributed by atoms with Gasteiger partial charge in [-0.3, -0.25) is 0 Å². The van der Waals surface area contributed by atoms with Gasteiger partial charge in [-0.15, -0.1) is 0 Å². The molecule has 0 aromatic heterocycles. The molecule has 0 aliphatic rings. The molecule has 96 valence electrons. The Morgan fingerprint density at radius 1 is 1.22 bits per heavy atom. The molecule has 0 spiro atoms. The average molecular weight is 245 g/mol. The lowest BCUT2D eigenvalue weighted by Gasteiger charge is -2.16. The van der Waals surface area contributed by atoms with Crippen LogP contribution in [0.3, 0.4) is 0 Å². The van der Waals surface area contributed by atoms with Gasteiger partial charge in [0.15, 0.2) is 0 Å². The summed E-state index contributed by atoms with van der Waals surface area (Å²) >= 11 is 0. The summed E-state index contributed by atoms with van der Waals surface area (Å²) in [5, 5.41) is 11.0. The van der Waals surface area contributed by atoms with Crippen LogP contribution >= 0.6 is 0 Å². The Morgan fingerprint density at radius 2 is 2.00 bits per heavy atom. The zero-order chi connectivity index (χ0) is 13.0. The van der Waals surface area contributed by atoms with Crippen LogP contribution in [0.1, 0.15) is 24.9 Å². The van der Waals surface area contributed by atoms with E-state index in [1.807, 2.05) is 31.2 Å². The molecule has 0 radical (unpaired) electrons. The van der Waals surface area contributed by atoms with E-state index >= 15 is 0 Å². The molecule has 0 aliphatic carbocycles. The summed E-state index contributed by atoms with van der Waals surface area (Å²) in [5.41, 5.74) is 6.99. The fourth-order valence-electron chi connectivity index (χ4n) is 2.02. The van der Waals surface area contributed by atoms with Gasteiger partial charge in [-0.2, -0.15) is 0 Å². The Balaban J connectivity index is 2.45. The molecule has 18 heavy (non-hydrogen) atoms. The topological polar surface area (TPSA) is 55.5 Å². The standard InChI is InChI=1S/C15H19NO2/c1-11(16)13-8-7-12-5-2-3-6-14(12)15(13)18-10-4-9-17/h2-3,5-8,11,17H,4,9-10,16H2,1H3. The zero-order valence-electron chi connectivity index (χ0n) is 10.6. The molecule has 0 heterocycles.